The average Bonchev–Trinajstić information content (AvgIpc) is 2.01. The van der Waals surface area contributed by atoms with Gasteiger partial charge in [0.1, 0.15) is 0 Å². The second-order valence-corrected chi connectivity index (χ2v) is 27.4. The number of hydrogen-bond donors (Lipinski definition) is 0. The Morgan fingerprint density at radius 3 is 1.36 bits per heavy atom. The van der Waals surface area contributed by atoms with Crippen molar-refractivity contribution in [2.24, 2.45) is 0 Å². The molecular formula is C12H22Ge2. The van der Waals surface area contributed by atoms with E-state index in [1.165, 1.54) is 0 Å². The average molecular weight is 312 g/mol. The molecule has 0 aromatic heterocycles. The molecule has 0 saturated heterocycles. The van der Waals surface area contributed by atoms with E-state index in [0.29, 0.717) is 0 Å². The quantitative estimate of drug-likeness (QED) is 0.737. The Bertz CT molecular complexity index is 287. The standard InChI is InChI=1S/C12H22Ge2/c1-13(2,3)11-8-7-9-12(10-11)14(4,5)6/h7-10H,1-6H3. The molecule has 1 aromatic rings. The van der Waals surface area contributed by atoms with Crippen LogP contribution in [0.15, 0.2) is 24.3 Å². The first-order valence-corrected chi connectivity index (χ1v) is 20.0. The van der Waals surface area contributed by atoms with Crippen molar-refractivity contribution in [3.63, 3.8) is 0 Å². The molecule has 14 heavy (non-hydrogen) atoms. The maximum absolute atomic E-state index is 2.50. The molecule has 0 N–H and O–H groups in total. The summed E-state index contributed by atoms with van der Waals surface area (Å²) in [6.45, 7) is 0. The molecule has 78 valence electrons. The van der Waals surface area contributed by atoms with Crippen LogP contribution in [0.25, 0.3) is 0 Å². The first-order chi connectivity index (χ1) is 6.21. The van der Waals surface area contributed by atoms with Gasteiger partial charge in [-0.3, -0.25) is 0 Å². The molecule has 0 spiro atoms. The van der Waals surface area contributed by atoms with Gasteiger partial charge in [-0.25, -0.2) is 0 Å². The Labute approximate surface area is 93.8 Å². The minimum atomic E-state index is -1.60. The molecule has 0 heterocycles. The van der Waals surface area contributed by atoms with E-state index in [1.54, 1.807) is 8.79 Å². The van der Waals surface area contributed by atoms with Gasteiger partial charge in [-0.2, -0.15) is 0 Å². The molecule has 0 amide bonds. The molecule has 0 aliphatic heterocycles. The molecule has 1 aromatic carbocycles. The van der Waals surface area contributed by atoms with E-state index in [9.17, 15) is 0 Å². The zero-order chi connectivity index (χ0) is 11.0. The molecule has 0 atom stereocenters. The van der Waals surface area contributed by atoms with E-state index >= 15 is 0 Å². The van der Waals surface area contributed by atoms with Crippen LogP contribution in [0.3, 0.4) is 0 Å². The van der Waals surface area contributed by atoms with E-state index in [-0.39, 0.29) is 0 Å². The van der Waals surface area contributed by atoms with Gasteiger partial charge >= 0.3 is 94.1 Å². The summed E-state index contributed by atoms with van der Waals surface area (Å²) in [5, 5.41) is 0. The number of rotatable bonds is 2. The van der Waals surface area contributed by atoms with Crippen molar-refractivity contribution >= 4 is 35.3 Å². The van der Waals surface area contributed by atoms with Gasteiger partial charge in [-0.1, -0.05) is 0 Å². The third kappa shape index (κ3) is 3.16. The van der Waals surface area contributed by atoms with Gasteiger partial charge in [-0.05, 0) is 0 Å². The fourth-order valence-corrected chi connectivity index (χ4v) is 7.06. The second-order valence-electron chi connectivity index (χ2n) is 6.08. The van der Waals surface area contributed by atoms with E-state index in [4.69, 9.17) is 0 Å². The van der Waals surface area contributed by atoms with Gasteiger partial charge in [0.05, 0.1) is 0 Å². The SMILES string of the molecule is [CH3][Ge]([CH3])([CH3])[c]1ccc[c]([Ge]([CH3])([CH3])[CH3])c1. The monoisotopic (exact) mass is 314 g/mol. The van der Waals surface area contributed by atoms with Gasteiger partial charge in [0.25, 0.3) is 0 Å². The van der Waals surface area contributed by atoms with E-state index < -0.39 is 26.5 Å². The third-order valence-corrected chi connectivity index (χ3v) is 11.2. The van der Waals surface area contributed by atoms with Crippen LogP contribution < -0.4 is 8.79 Å². The predicted octanol–water partition coefficient (Wildman–Crippen LogP) is 2.78. The summed E-state index contributed by atoms with van der Waals surface area (Å²) in [4.78, 5) is 0. The summed E-state index contributed by atoms with van der Waals surface area (Å²) in [7, 11) is 0. The summed E-state index contributed by atoms with van der Waals surface area (Å²) in [6.07, 6.45) is 0. The molecule has 0 bridgehead atoms. The zero-order valence-electron chi connectivity index (χ0n) is 10.3. The van der Waals surface area contributed by atoms with Crippen molar-refractivity contribution < 1.29 is 0 Å². The van der Waals surface area contributed by atoms with Gasteiger partial charge in [0.15, 0.2) is 0 Å². The van der Waals surface area contributed by atoms with Crippen molar-refractivity contribution in [1.82, 2.24) is 0 Å². The summed E-state index contributed by atoms with van der Waals surface area (Å²) < 4.78 is 3.31. The predicted molar refractivity (Wildman–Crippen MR) is 72.4 cm³/mol. The minimum absolute atomic E-state index is 1.60. The van der Waals surface area contributed by atoms with Crippen molar-refractivity contribution in [3.05, 3.63) is 24.3 Å². The second kappa shape index (κ2) is 4.05. The third-order valence-electron chi connectivity index (χ3n) is 2.59. The Morgan fingerprint density at radius 2 is 1.07 bits per heavy atom. The maximum atomic E-state index is 2.50. The van der Waals surface area contributed by atoms with Crippen LogP contribution >= 0.6 is 0 Å². The number of hydrogen-bond acceptors (Lipinski definition) is 0. The van der Waals surface area contributed by atoms with Crippen molar-refractivity contribution in [2.45, 2.75) is 34.5 Å². The van der Waals surface area contributed by atoms with Crippen molar-refractivity contribution in [2.75, 3.05) is 0 Å². The molecule has 0 nitrogen and oxygen atoms in total. The molecular weight excluding hydrogens is 289 g/mol. The molecule has 0 unspecified atom stereocenters. The first-order valence-electron chi connectivity index (χ1n) is 5.32. The van der Waals surface area contributed by atoms with Gasteiger partial charge in [0, 0.05) is 0 Å². The fourth-order valence-electron chi connectivity index (χ4n) is 1.45. The van der Waals surface area contributed by atoms with Crippen molar-refractivity contribution in [3.8, 4) is 0 Å². The first kappa shape index (κ1) is 12.4. The molecule has 0 radical (unpaired) electrons. The molecule has 0 saturated carbocycles. The summed E-state index contributed by atoms with van der Waals surface area (Å²) in [5.41, 5.74) is 0. The molecule has 2 heteroatoms. The molecule has 0 fully saturated rings. The molecule has 0 aliphatic rings. The topological polar surface area (TPSA) is 0 Å². The van der Waals surface area contributed by atoms with E-state index in [1.807, 2.05) is 0 Å². The van der Waals surface area contributed by atoms with Gasteiger partial charge in [-0.15, -0.1) is 0 Å². The summed E-state index contributed by atoms with van der Waals surface area (Å²) in [6, 6.07) is 9.42. The van der Waals surface area contributed by atoms with Crippen LogP contribution in [0.2, 0.25) is 34.5 Å². The van der Waals surface area contributed by atoms with Crippen LogP contribution in [0.4, 0.5) is 0 Å². The Morgan fingerprint density at radius 1 is 0.714 bits per heavy atom. The van der Waals surface area contributed by atoms with Crippen LogP contribution in [0.5, 0.6) is 0 Å². The van der Waals surface area contributed by atoms with Gasteiger partial charge < -0.3 is 0 Å². The molecule has 1 rings (SSSR count). The van der Waals surface area contributed by atoms with Crippen LogP contribution in [0.1, 0.15) is 0 Å². The fraction of sp³-hybridized carbons (Fsp3) is 0.500. The van der Waals surface area contributed by atoms with E-state index in [2.05, 4.69) is 58.8 Å². The van der Waals surface area contributed by atoms with Gasteiger partial charge in [0.2, 0.25) is 0 Å². The number of benzene rings is 1. The Balaban J connectivity index is 3.15. The Hall–Kier alpha value is 0.306. The van der Waals surface area contributed by atoms with Crippen molar-refractivity contribution in [1.29, 1.82) is 0 Å². The van der Waals surface area contributed by atoms with Crippen LogP contribution in [-0.4, -0.2) is 26.5 Å². The zero-order valence-corrected chi connectivity index (χ0v) is 14.5. The molecule has 0 aliphatic carbocycles. The van der Waals surface area contributed by atoms with Crippen LogP contribution in [-0.2, 0) is 0 Å². The normalized spacial score (nSPS) is 13.0. The van der Waals surface area contributed by atoms with Crippen LogP contribution in [0, 0.1) is 0 Å². The summed E-state index contributed by atoms with van der Waals surface area (Å²) >= 11 is -3.20. The summed E-state index contributed by atoms with van der Waals surface area (Å²) in [5.74, 6) is 14.8. The van der Waals surface area contributed by atoms with E-state index in [0.717, 1.165) is 0 Å². The Kier molecular flexibility index (Phi) is 3.58.